The van der Waals surface area contributed by atoms with E-state index in [1.165, 1.54) is 25.6 Å². The molecule has 0 bridgehead atoms. The maximum absolute atomic E-state index is 14.2. The van der Waals surface area contributed by atoms with Gasteiger partial charge in [-0.2, -0.15) is 0 Å². The average molecular weight is 463 g/mol. The number of carbonyl (C=O) groups excluding carboxylic acids is 1. The lowest BCUT2D eigenvalue weighted by Gasteiger charge is -2.19. The predicted molar refractivity (Wildman–Crippen MR) is 121 cm³/mol. The standard InChI is InChI=1S/C22H24ClFN4O4/c1-22(2,3)32-21(29)25-7-8-31-19-11-17-14(10-18(19)30-4)20(27-12-26-17)28-16-6-5-13(23)9-15(16)24/h5-6,9-12H,7-8H2,1-4H3,(H,25,29)(H,26,27,28). The summed E-state index contributed by atoms with van der Waals surface area (Å²) in [6.07, 6.45) is 0.836. The highest BCUT2D eigenvalue weighted by Gasteiger charge is 2.16. The van der Waals surface area contributed by atoms with Crippen molar-refractivity contribution in [2.45, 2.75) is 26.4 Å². The third kappa shape index (κ3) is 6.10. The van der Waals surface area contributed by atoms with Gasteiger partial charge in [0, 0.05) is 16.5 Å². The minimum absolute atomic E-state index is 0.188. The van der Waals surface area contributed by atoms with Gasteiger partial charge in [0.25, 0.3) is 0 Å². The van der Waals surface area contributed by atoms with Crippen molar-refractivity contribution in [3.05, 3.63) is 47.5 Å². The second kappa shape index (κ2) is 9.86. The molecule has 10 heteroatoms. The molecule has 0 aliphatic carbocycles. The number of carbonyl (C=O) groups is 1. The second-order valence-corrected chi connectivity index (χ2v) is 8.21. The zero-order chi connectivity index (χ0) is 23.3. The van der Waals surface area contributed by atoms with Crippen LogP contribution in [0.1, 0.15) is 20.8 Å². The number of rotatable bonds is 7. The van der Waals surface area contributed by atoms with Gasteiger partial charge in [-0.05, 0) is 45.0 Å². The largest absolute Gasteiger partial charge is 0.493 e. The number of aromatic nitrogens is 2. The Kier molecular flexibility index (Phi) is 7.19. The number of alkyl carbamates (subject to hydrolysis) is 1. The van der Waals surface area contributed by atoms with Crippen LogP contribution in [0.5, 0.6) is 11.5 Å². The Morgan fingerprint density at radius 1 is 1.16 bits per heavy atom. The van der Waals surface area contributed by atoms with E-state index in [1.807, 2.05) is 0 Å². The number of benzene rings is 2. The number of nitrogens with zero attached hydrogens (tertiary/aromatic N) is 2. The summed E-state index contributed by atoms with van der Waals surface area (Å²) in [5.41, 5.74) is 0.210. The third-order valence-corrected chi connectivity index (χ3v) is 4.37. The molecule has 3 rings (SSSR count). The van der Waals surface area contributed by atoms with Crippen LogP contribution in [0.15, 0.2) is 36.7 Å². The smallest absolute Gasteiger partial charge is 0.407 e. The highest BCUT2D eigenvalue weighted by Crippen LogP contribution is 2.35. The number of amides is 1. The van der Waals surface area contributed by atoms with Gasteiger partial charge in [-0.1, -0.05) is 11.6 Å². The van der Waals surface area contributed by atoms with Gasteiger partial charge >= 0.3 is 6.09 Å². The number of methoxy groups -OCH3 is 1. The molecule has 0 fully saturated rings. The van der Waals surface area contributed by atoms with Crippen LogP contribution in [0.3, 0.4) is 0 Å². The SMILES string of the molecule is COc1cc2c(Nc3ccc(Cl)cc3F)ncnc2cc1OCCNC(=O)OC(C)(C)C. The monoisotopic (exact) mass is 462 g/mol. The minimum atomic E-state index is -0.577. The highest BCUT2D eigenvalue weighted by molar-refractivity contribution is 6.30. The Morgan fingerprint density at radius 2 is 1.94 bits per heavy atom. The van der Waals surface area contributed by atoms with Gasteiger partial charge in [0.2, 0.25) is 0 Å². The van der Waals surface area contributed by atoms with Gasteiger partial charge in [0.05, 0.1) is 24.9 Å². The molecule has 0 atom stereocenters. The molecule has 170 valence electrons. The first-order valence-electron chi connectivity index (χ1n) is 9.81. The number of hydrogen-bond donors (Lipinski definition) is 2. The first kappa shape index (κ1) is 23.3. The van der Waals surface area contributed by atoms with Gasteiger partial charge in [-0.15, -0.1) is 0 Å². The van der Waals surface area contributed by atoms with Crippen LogP contribution in [-0.4, -0.2) is 41.9 Å². The zero-order valence-electron chi connectivity index (χ0n) is 18.2. The summed E-state index contributed by atoms with van der Waals surface area (Å²) in [5, 5.41) is 6.48. The van der Waals surface area contributed by atoms with E-state index >= 15 is 0 Å². The fraction of sp³-hybridized carbons (Fsp3) is 0.318. The molecule has 32 heavy (non-hydrogen) atoms. The number of anilines is 2. The lowest BCUT2D eigenvalue weighted by molar-refractivity contribution is 0.0520. The fourth-order valence-corrected chi connectivity index (χ4v) is 2.94. The van der Waals surface area contributed by atoms with Gasteiger partial charge in [0.15, 0.2) is 11.5 Å². The molecule has 0 spiro atoms. The van der Waals surface area contributed by atoms with Crippen LogP contribution in [0.25, 0.3) is 10.9 Å². The molecule has 0 unspecified atom stereocenters. The summed E-state index contributed by atoms with van der Waals surface area (Å²) in [5.74, 6) is 0.763. The Morgan fingerprint density at radius 3 is 2.62 bits per heavy atom. The van der Waals surface area contributed by atoms with Crippen LogP contribution in [-0.2, 0) is 4.74 Å². The van der Waals surface area contributed by atoms with E-state index in [4.69, 9.17) is 25.8 Å². The Labute approximate surface area is 190 Å². The molecule has 2 aromatic carbocycles. The third-order valence-electron chi connectivity index (χ3n) is 4.13. The molecule has 1 aromatic heterocycles. The van der Waals surface area contributed by atoms with Crippen LogP contribution in [0.4, 0.5) is 20.7 Å². The van der Waals surface area contributed by atoms with Crippen molar-refractivity contribution in [3.63, 3.8) is 0 Å². The van der Waals surface area contributed by atoms with Crippen molar-refractivity contribution in [2.24, 2.45) is 0 Å². The molecule has 0 saturated heterocycles. The summed E-state index contributed by atoms with van der Waals surface area (Å²) in [6.45, 7) is 5.79. The summed E-state index contributed by atoms with van der Waals surface area (Å²) in [7, 11) is 1.50. The Hall–Kier alpha value is -3.33. The molecular weight excluding hydrogens is 439 g/mol. The molecule has 2 N–H and O–H groups in total. The maximum atomic E-state index is 14.2. The second-order valence-electron chi connectivity index (χ2n) is 7.77. The van der Waals surface area contributed by atoms with Gasteiger partial charge in [-0.3, -0.25) is 0 Å². The van der Waals surface area contributed by atoms with E-state index in [1.54, 1.807) is 39.0 Å². The van der Waals surface area contributed by atoms with Crippen molar-refractivity contribution >= 4 is 40.1 Å². The van der Waals surface area contributed by atoms with E-state index in [0.717, 1.165) is 0 Å². The molecule has 0 saturated carbocycles. The molecule has 1 heterocycles. The van der Waals surface area contributed by atoms with Crippen LogP contribution in [0.2, 0.25) is 5.02 Å². The molecule has 0 aliphatic rings. The molecule has 0 radical (unpaired) electrons. The average Bonchev–Trinajstić information content (AvgIpc) is 2.71. The molecule has 8 nitrogen and oxygen atoms in total. The molecule has 1 amide bonds. The Balaban J connectivity index is 1.75. The van der Waals surface area contributed by atoms with E-state index in [0.29, 0.717) is 33.2 Å². The first-order valence-corrected chi connectivity index (χ1v) is 10.2. The number of fused-ring (bicyclic) bond motifs is 1. The van der Waals surface area contributed by atoms with Crippen LogP contribution in [0, 0.1) is 5.82 Å². The fourth-order valence-electron chi connectivity index (χ4n) is 2.78. The minimum Gasteiger partial charge on any atom is -0.493 e. The van der Waals surface area contributed by atoms with E-state index in [2.05, 4.69) is 20.6 Å². The van der Waals surface area contributed by atoms with Crippen molar-refractivity contribution in [1.82, 2.24) is 15.3 Å². The summed E-state index contributed by atoms with van der Waals surface area (Å²) >= 11 is 5.82. The first-order chi connectivity index (χ1) is 15.2. The lowest BCUT2D eigenvalue weighted by atomic mass is 10.2. The van der Waals surface area contributed by atoms with Gasteiger partial charge < -0.3 is 24.8 Å². The summed E-state index contributed by atoms with van der Waals surface area (Å²) in [6, 6.07) is 7.70. The molecule has 3 aromatic rings. The van der Waals surface area contributed by atoms with Crippen LogP contribution >= 0.6 is 11.6 Å². The van der Waals surface area contributed by atoms with Gasteiger partial charge in [0.1, 0.15) is 30.2 Å². The molecular formula is C22H24ClFN4O4. The zero-order valence-corrected chi connectivity index (χ0v) is 18.9. The van der Waals surface area contributed by atoms with E-state index < -0.39 is 17.5 Å². The highest BCUT2D eigenvalue weighted by atomic mass is 35.5. The number of halogens is 2. The van der Waals surface area contributed by atoms with E-state index in [9.17, 15) is 9.18 Å². The number of nitrogens with one attached hydrogen (secondary N) is 2. The number of hydrogen-bond acceptors (Lipinski definition) is 7. The van der Waals surface area contributed by atoms with Crippen molar-refractivity contribution in [2.75, 3.05) is 25.6 Å². The Bertz CT molecular complexity index is 1120. The molecule has 0 aliphatic heterocycles. The van der Waals surface area contributed by atoms with Crippen molar-refractivity contribution < 1.29 is 23.4 Å². The predicted octanol–water partition coefficient (Wildman–Crippen LogP) is 5.08. The van der Waals surface area contributed by atoms with Crippen LogP contribution < -0.4 is 20.1 Å². The topological polar surface area (TPSA) is 94.6 Å². The number of ether oxygens (including phenoxy) is 3. The summed E-state index contributed by atoms with van der Waals surface area (Å²) < 4.78 is 30.6. The normalized spacial score (nSPS) is 11.2. The maximum Gasteiger partial charge on any atom is 0.407 e. The quantitative estimate of drug-likeness (QED) is 0.473. The van der Waals surface area contributed by atoms with E-state index in [-0.39, 0.29) is 18.8 Å². The lowest BCUT2D eigenvalue weighted by Crippen LogP contribution is -2.34. The van der Waals surface area contributed by atoms with Crippen molar-refractivity contribution in [1.29, 1.82) is 0 Å². The van der Waals surface area contributed by atoms with Gasteiger partial charge in [-0.25, -0.2) is 19.2 Å². The van der Waals surface area contributed by atoms with Crippen molar-refractivity contribution in [3.8, 4) is 11.5 Å². The summed E-state index contributed by atoms with van der Waals surface area (Å²) in [4.78, 5) is 20.2.